The van der Waals surface area contributed by atoms with Crippen LogP contribution in [0.4, 0.5) is 6.01 Å². The first-order valence-corrected chi connectivity index (χ1v) is 12.2. The maximum absolute atomic E-state index is 12.8. The second-order valence-corrected chi connectivity index (χ2v) is 9.76. The number of benzene rings is 1. The van der Waals surface area contributed by atoms with E-state index in [4.69, 9.17) is 9.26 Å². The lowest BCUT2D eigenvalue weighted by Gasteiger charge is -2.35. The van der Waals surface area contributed by atoms with Crippen molar-refractivity contribution >= 4 is 11.9 Å². The van der Waals surface area contributed by atoms with Gasteiger partial charge in [-0.25, -0.2) is 0 Å². The fourth-order valence-electron chi connectivity index (χ4n) is 5.20. The fraction of sp³-hybridized carbons (Fsp3) is 0.640. The molecule has 2 aromatic rings. The lowest BCUT2D eigenvalue weighted by molar-refractivity contribution is -0.125. The van der Waals surface area contributed by atoms with E-state index in [1.807, 2.05) is 29.2 Å². The number of ether oxygens (including phenoxy) is 1. The average molecular weight is 456 g/mol. The monoisotopic (exact) mass is 455 g/mol. The maximum Gasteiger partial charge on any atom is 0.324 e. The van der Waals surface area contributed by atoms with Crippen LogP contribution in [-0.4, -0.2) is 67.3 Å². The summed E-state index contributed by atoms with van der Waals surface area (Å²) in [6, 6.07) is 8.04. The molecular weight excluding hydrogens is 418 g/mol. The number of hydrogen-bond donors (Lipinski definition) is 1. The number of nitrogens with one attached hydrogen (secondary N) is 1. The Kier molecular flexibility index (Phi) is 7.85. The number of carbonyl (C=O) groups is 1. The number of likely N-dealkylation sites (tertiary alicyclic amines) is 1. The quantitative estimate of drug-likeness (QED) is 0.611. The second-order valence-electron chi connectivity index (χ2n) is 9.76. The van der Waals surface area contributed by atoms with E-state index in [1.54, 1.807) is 7.11 Å². The Hall–Kier alpha value is -2.61. The van der Waals surface area contributed by atoms with Crippen molar-refractivity contribution < 1.29 is 14.1 Å². The molecule has 3 unspecified atom stereocenters. The molecule has 0 radical (unpaired) electrons. The van der Waals surface area contributed by atoms with Gasteiger partial charge in [-0.3, -0.25) is 4.79 Å². The Morgan fingerprint density at radius 3 is 2.67 bits per heavy atom. The van der Waals surface area contributed by atoms with Crippen molar-refractivity contribution in [1.29, 1.82) is 0 Å². The number of piperidine rings is 2. The predicted octanol–water partition coefficient (Wildman–Crippen LogP) is 3.45. The predicted molar refractivity (Wildman–Crippen MR) is 128 cm³/mol. The highest BCUT2D eigenvalue weighted by Gasteiger charge is 2.28. The van der Waals surface area contributed by atoms with Crippen molar-refractivity contribution in [1.82, 2.24) is 20.4 Å². The Morgan fingerprint density at radius 1 is 1.18 bits per heavy atom. The van der Waals surface area contributed by atoms with Gasteiger partial charge in [0.1, 0.15) is 5.75 Å². The molecule has 8 heteroatoms. The van der Waals surface area contributed by atoms with Crippen molar-refractivity contribution in [2.24, 2.45) is 17.8 Å². The molecule has 2 fully saturated rings. The minimum atomic E-state index is -0.0508. The first-order chi connectivity index (χ1) is 16.0. The molecule has 0 aliphatic carbocycles. The summed E-state index contributed by atoms with van der Waals surface area (Å²) in [5.41, 5.74) is 0.870. The summed E-state index contributed by atoms with van der Waals surface area (Å²) in [5.74, 6) is 2.95. The van der Waals surface area contributed by atoms with Crippen LogP contribution in [0.1, 0.15) is 39.5 Å². The number of anilines is 1. The lowest BCUT2D eigenvalue weighted by Crippen LogP contribution is -2.44. The molecule has 3 heterocycles. The zero-order chi connectivity index (χ0) is 23.2. The van der Waals surface area contributed by atoms with Gasteiger partial charge in [0.05, 0.1) is 13.0 Å². The van der Waals surface area contributed by atoms with Gasteiger partial charge >= 0.3 is 6.01 Å². The zero-order valence-electron chi connectivity index (χ0n) is 20.1. The van der Waals surface area contributed by atoms with Crippen LogP contribution in [0.15, 0.2) is 28.8 Å². The topological polar surface area (TPSA) is 83.7 Å². The molecule has 0 spiro atoms. The molecule has 1 aromatic heterocycles. The fourth-order valence-corrected chi connectivity index (χ4v) is 5.20. The van der Waals surface area contributed by atoms with Crippen molar-refractivity contribution in [3.63, 3.8) is 0 Å². The maximum atomic E-state index is 12.8. The van der Waals surface area contributed by atoms with Gasteiger partial charge < -0.3 is 24.4 Å². The summed E-state index contributed by atoms with van der Waals surface area (Å²) in [6.45, 7) is 10.2. The summed E-state index contributed by atoms with van der Waals surface area (Å²) < 4.78 is 10.7. The third-order valence-electron chi connectivity index (χ3n) is 6.72. The van der Waals surface area contributed by atoms with Crippen LogP contribution in [-0.2, 0) is 4.79 Å². The van der Waals surface area contributed by atoms with E-state index in [9.17, 15) is 4.79 Å². The smallest absolute Gasteiger partial charge is 0.324 e. The Labute approximate surface area is 196 Å². The Morgan fingerprint density at radius 2 is 1.94 bits per heavy atom. The Bertz CT molecular complexity index is 890. The highest BCUT2D eigenvalue weighted by molar-refractivity contribution is 5.79. The number of aromatic nitrogens is 2. The summed E-state index contributed by atoms with van der Waals surface area (Å²) in [4.78, 5) is 21.9. The molecule has 2 aliphatic rings. The SMILES string of the molecule is COc1ccc(-c2noc(N3CCCC(C(=O)NCCCN4CC(C)CC(C)C4)C3)n2)cc1. The van der Waals surface area contributed by atoms with Gasteiger partial charge in [0.25, 0.3) is 0 Å². The standard InChI is InChI=1S/C25H37N5O3/c1-18-14-19(2)16-29(15-18)12-5-11-26-24(31)21-6-4-13-30(17-21)25-27-23(28-33-25)20-7-9-22(32-3)10-8-20/h7-10,18-19,21H,4-6,11-17H2,1-3H3,(H,26,31). The van der Waals surface area contributed by atoms with Gasteiger partial charge in [0.2, 0.25) is 11.7 Å². The van der Waals surface area contributed by atoms with Crippen LogP contribution in [0.25, 0.3) is 11.4 Å². The van der Waals surface area contributed by atoms with Gasteiger partial charge in [-0.2, -0.15) is 4.98 Å². The number of methoxy groups -OCH3 is 1. The summed E-state index contributed by atoms with van der Waals surface area (Å²) in [7, 11) is 1.64. The summed E-state index contributed by atoms with van der Waals surface area (Å²) in [6.07, 6.45) is 4.15. The molecule has 8 nitrogen and oxygen atoms in total. The van der Waals surface area contributed by atoms with E-state index in [1.165, 1.54) is 19.5 Å². The Balaban J connectivity index is 1.24. The average Bonchev–Trinajstić information content (AvgIpc) is 3.32. The molecule has 0 saturated carbocycles. The molecular formula is C25H37N5O3. The first-order valence-electron chi connectivity index (χ1n) is 12.2. The van der Waals surface area contributed by atoms with Crippen LogP contribution < -0.4 is 15.0 Å². The number of rotatable bonds is 8. The molecule has 33 heavy (non-hydrogen) atoms. The van der Waals surface area contributed by atoms with Crippen molar-refractivity contribution in [2.75, 3.05) is 51.3 Å². The van der Waals surface area contributed by atoms with Crippen LogP contribution in [0.3, 0.4) is 0 Å². The number of amides is 1. The van der Waals surface area contributed by atoms with Crippen LogP contribution >= 0.6 is 0 Å². The molecule has 1 amide bonds. The van der Waals surface area contributed by atoms with Gasteiger partial charge in [-0.05, 0) is 68.3 Å². The van der Waals surface area contributed by atoms with Crippen molar-refractivity contribution in [2.45, 2.75) is 39.5 Å². The third kappa shape index (κ3) is 6.25. The highest BCUT2D eigenvalue weighted by Crippen LogP contribution is 2.26. The van der Waals surface area contributed by atoms with E-state index in [2.05, 4.69) is 34.2 Å². The van der Waals surface area contributed by atoms with E-state index >= 15 is 0 Å². The van der Waals surface area contributed by atoms with Crippen LogP contribution in [0, 0.1) is 17.8 Å². The highest BCUT2D eigenvalue weighted by atomic mass is 16.5. The van der Waals surface area contributed by atoms with E-state index < -0.39 is 0 Å². The molecule has 3 atom stereocenters. The molecule has 180 valence electrons. The number of nitrogens with zero attached hydrogens (tertiary/aromatic N) is 4. The molecule has 4 rings (SSSR count). The van der Waals surface area contributed by atoms with E-state index in [0.717, 1.165) is 62.0 Å². The van der Waals surface area contributed by atoms with E-state index in [0.29, 0.717) is 18.4 Å². The van der Waals surface area contributed by atoms with Crippen LogP contribution in [0.5, 0.6) is 5.75 Å². The molecule has 2 saturated heterocycles. The van der Waals surface area contributed by atoms with E-state index in [-0.39, 0.29) is 11.8 Å². The number of hydrogen-bond acceptors (Lipinski definition) is 7. The molecule has 1 aromatic carbocycles. The lowest BCUT2D eigenvalue weighted by atomic mass is 9.92. The number of carbonyl (C=O) groups excluding carboxylic acids is 1. The first kappa shape index (κ1) is 23.5. The molecule has 1 N–H and O–H groups in total. The molecule has 0 bridgehead atoms. The second kappa shape index (κ2) is 11.0. The third-order valence-corrected chi connectivity index (χ3v) is 6.72. The van der Waals surface area contributed by atoms with Gasteiger partial charge in [0.15, 0.2) is 0 Å². The van der Waals surface area contributed by atoms with Gasteiger partial charge in [-0.15, -0.1) is 0 Å². The van der Waals surface area contributed by atoms with Crippen molar-refractivity contribution in [3.8, 4) is 17.1 Å². The molecule has 2 aliphatic heterocycles. The minimum Gasteiger partial charge on any atom is -0.497 e. The van der Waals surface area contributed by atoms with Gasteiger partial charge in [0, 0.05) is 38.3 Å². The van der Waals surface area contributed by atoms with Crippen molar-refractivity contribution in [3.05, 3.63) is 24.3 Å². The van der Waals surface area contributed by atoms with Gasteiger partial charge in [-0.1, -0.05) is 19.0 Å². The van der Waals surface area contributed by atoms with Crippen LogP contribution in [0.2, 0.25) is 0 Å². The normalized spacial score (nSPS) is 24.0. The summed E-state index contributed by atoms with van der Waals surface area (Å²) >= 11 is 0. The largest absolute Gasteiger partial charge is 0.497 e. The zero-order valence-corrected chi connectivity index (χ0v) is 20.1. The summed E-state index contributed by atoms with van der Waals surface area (Å²) in [5, 5.41) is 7.29. The minimum absolute atomic E-state index is 0.0508.